The Bertz CT molecular complexity index is 1180. The molecular weight excluding hydrogens is 444 g/mol. The highest BCUT2D eigenvalue weighted by Gasteiger charge is 2.28. The van der Waals surface area contributed by atoms with Gasteiger partial charge in [0.25, 0.3) is 0 Å². The van der Waals surface area contributed by atoms with Crippen molar-refractivity contribution in [2.45, 2.75) is 52.2 Å². The van der Waals surface area contributed by atoms with Crippen LogP contribution in [0.15, 0.2) is 24.7 Å². The Kier molecular flexibility index (Phi) is 6.65. The average molecular weight is 481 g/mol. The van der Waals surface area contributed by atoms with E-state index in [-0.39, 0.29) is 0 Å². The number of aromatic nitrogens is 5. The molecule has 9 nitrogen and oxygen atoms in total. The lowest BCUT2D eigenvalue weighted by Crippen LogP contribution is -2.37. The van der Waals surface area contributed by atoms with Crippen LogP contribution < -0.4 is 4.74 Å². The standard InChI is InChI=1S/C26H36N6O3/c1-18-11-21(13-27-25(18)34-4)32-23-7-10-35-9-6-22(23)24(29-32)20-12-28-31(16-20)15-19-5-8-30(14-19)17-26(2,3)33/h11-13,16,19,33H,5-10,14-15,17H2,1-4H3. The van der Waals surface area contributed by atoms with Crippen molar-refractivity contribution in [3.05, 3.63) is 41.5 Å². The summed E-state index contributed by atoms with van der Waals surface area (Å²) in [7, 11) is 1.64. The summed E-state index contributed by atoms with van der Waals surface area (Å²) in [5.74, 6) is 1.16. The summed E-state index contributed by atoms with van der Waals surface area (Å²) in [6, 6.07) is 2.07. The molecule has 5 heterocycles. The summed E-state index contributed by atoms with van der Waals surface area (Å²) >= 11 is 0. The molecule has 1 unspecified atom stereocenters. The zero-order valence-corrected chi connectivity index (χ0v) is 21.2. The minimum absolute atomic E-state index is 0.529. The zero-order valence-electron chi connectivity index (χ0n) is 21.2. The molecule has 35 heavy (non-hydrogen) atoms. The van der Waals surface area contributed by atoms with Gasteiger partial charge in [0.05, 0.1) is 55.4 Å². The van der Waals surface area contributed by atoms with Crippen molar-refractivity contribution in [2.24, 2.45) is 5.92 Å². The second-order valence-electron chi connectivity index (χ2n) is 10.5. The van der Waals surface area contributed by atoms with E-state index in [1.165, 1.54) is 11.3 Å². The van der Waals surface area contributed by atoms with E-state index in [0.717, 1.165) is 61.4 Å². The van der Waals surface area contributed by atoms with Gasteiger partial charge < -0.3 is 19.5 Å². The van der Waals surface area contributed by atoms with Gasteiger partial charge >= 0.3 is 0 Å². The molecule has 1 N–H and O–H groups in total. The van der Waals surface area contributed by atoms with E-state index in [1.807, 2.05) is 42.5 Å². The molecular formula is C26H36N6O3. The Balaban J connectivity index is 1.39. The van der Waals surface area contributed by atoms with Gasteiger partial charge in [0.1, 0.15) is 0 Å². The first-order valence-corrected chi connectivity index (χ1v) is 12.5. The maximum atomic E-state index is 10.1. The van der Waals surface area contributed by atoms with Gasteiger partial charge in [-0.15, -0.1) is 0 Å². The number of pyridine rings is 1. The molecule has 188 valence electrons. The molecule has 2 aliphatic heterocycles. The third kappa shape index (κ3) is 5.27. The fourth-order valence-corrected chi connectivity index (χ4v) is 5.38. The van der Waals surface area contributed by atoms with Crippen LogP contribution in [-0.2, 0) is 24.1 Å². The number of aliphatic hydroxyl groups is 1. The summed E-state index contributed by atoms with van der Waals surface area (Å²) in [6.07, 6.45) is 8.62. The Morgan fingerprint density at radius 1 is 1.23 bits per heavy atom. The lowest BCUT2D eigenvalue weighted by Gasteiger charge is -2.25. The van der Waals surface area contributed by atoms with Gasteiger partial charge in [-0.25, -0.2) is 9.67 Å². The van der Waals surface area contributed by atoms with Crippen molar-refractivity contribution in [3.8, 4) is 22.8 Å². The number of aryl methyl sites for hydroxylation is 1. The predicted molar refractivity (Wildman–Crippen MR) is 133 cm³/mol. The van der Waals surface area contributed by atoms with Crippen molar-refractivity contribution in [1.82, 2.24) is 29.4 Å². The number of methoxy groups -OCH3 is 1. The fourth-order valence-electron chi connectivity index (χ4n) is 5.38. The van der Waals surface area contributed by atoms with Crippen LogP contribution in [0.25, 0.3) is 16.9 Å². The SMILES string of the molecule is COc1ncc(-n2nc(-c3cnn(CC4CCN(CC(C)(C)O)C4)c3)c3c2CCOCC3)cc1C. The van der Waals surface area contributed by atoms with Crippen LogP contribution in [0, 0.1) is 12.8 Å². The number of hydrogen-bond donors (Lipinski definition) is 1. The molecule has 0 bridgehead atoms. The minimum atomic E-state index is -0.661. The topological polar surface area (TPSA) is 90.5 Å². The molecule has 3 aromatic heterocycles. The van der Waals surface area contributed by atoms with Crippen LogP contribution in [0.2, 0.25) is 0 Å². The molecule has 2 aliphatic rings. The van der Waals surface area contributed by atoms with Crippen LogP contribution in [0.5, 0.6) is 5.88 Å². The maximum Gasteiger partial charge on any atom is 0.216 e. The van der Waals surface area contributed by atoms with Gasteiger partial charge in [0.15, 0.2) is 0 Å². The molecule has 1 atom stereocenters. The fraction of sp³-hybridized carbons (Fsp3) is 0.577. The largest absolute Gasteiger partial charge is 0.481 e. The third-order valence-corrected chi connectivity index (χ3v) is 6.86. The van der Waals surface area contributed by atoms with Crippen LogP contribution in [0.4, 0.5) is 0 Å². The van der Waals surface area contributed by atoms with Crippen molar-refractivity contribution >= 4 is 0 Å². The molecule has 5 rings (SSSR count). The zero-order chi connectivity index (χ0) is 24.6. The van der Waals surface area contributed by atoms with E-state index < -0.39 is 5.60 Å². The van der Waals surface area contributed by atoms with Gasteiger partial charge in [-0.2, -0.15) is 10.2 Å². The maximum absolute atomic E-state index is 10.1. The summed E-state index contributed by atoms with van der Waals surface area (Å²) in [4.78, 5) is 6.82. The lowest BCUT2D eigenvalue weighted by atomic mass is 10.0. The number of nitrogens with zero attached hydrogens (tertiary/aromatic N) is 6. The Labute approximate surface area is 206 Å². The first kappa shape index (κ1) is 24.0. The normalized spacial score (nSPS) is 19.1. The number of rotatable bonds is 7. The second-order valence-corrected chi connectivity index (χ2v) is 10.5. The van der Waals surface area contributed by atoms with E-state index in [4.69, 9.17) is 14.6 Å². The summed E-state index contributed by atoms with van der Waals surface area (Å²) < 4.78 is 15.2. The Hall–Kier alpha value is -2.75. The molecule has 1 saturated heterocycles. The average Bonchev–Trinajstić information content (AvgIpc) is 3.48. The van der Waals surface area contributed by atoms with E-state index >= 15 is 0 Å². The van der Waals surface area contributed by atoms with Crippen molar-refractivity contribution in [3.63, 3.8) is 0 Å². The van der Waals surface area contributed by atoms with E-state index in [9.17, 15) is 5.11 Å². The Morgan fingerprint density at radius 2 is 2.06 bits per heavy atom. The molecule has 0 aliphatic carbocycles. The highest BCUT2D eigenvalue weighted by Crippen LogP contribution is 2.31. The lowest BCUT2D eigenvalue weighted by molar-refractivity contribution is 0.0426. The predicted octanol–water partition coefficient (Wildman–Crippen LogP) is 2.66. The number of β-amino-alcohol motifs (C(OH)–C–C–N with tert-alkyl or cyclic N) is 1. The quantitative estimate of drug-likeness (QED) is 0.556. The second kappa shape index (κ2) is 9.72. The summed E-state index contributed by atoms with van der Waals surface area (Å²) in [5.41, 5.74) is 5.65. The molecule has 0 saturated carbocycles. The van der Waals surface area contributed by atoms with Gasteiger partial charge in [0.2, 0.25) is 5.88 Å². The number of hydrogen-bond acceptors (Lipinski definition) is 7. The smallest absolute Gasteiger partial charge is 0.216 e. The van der Waals surface area contributed by atoms with Gasteiger partial charge in [0, 0.05) is 48.9 Å². The monoisotopic (exact) mass is 480 g/mol. The highest BCUT2D eigenvalue weighted by molar-refractivity contribution is 5.64. The molecule has 9 heteroatoms. The third-order valence-electron chi connectivity index (χ3n) is 6.86. The van der Waals surface area contributed by atoms with E-state index in [1.54, 1.807) is 7.11 Å². The first-order valence-electron chi connectivity index (χ1n) is 12.5. The van der Waals surface area contributed by atoms with Crippen molar-refractivity contribution in [1.29, 1.82) is 0 Å². The number of ether oxygens (including phenoxy) is 2. The summed E-state index contributed by atoms with van der Waals surface area (Å²) in [5, 5.41) is 19.9. The highest BCUT2D eigenvalue weighted by atomic mass is 16.5. The minimum Gasteiger partial charge on any atom is -0.481 e. The van der Waals surface area contributed by atoms with E-state index in [2.05, 4.69) is 27.2 Å². The van der Waals surface area contributed by atoms with Crippen molar-refractivity contribution < 1.29 is 14.6 Å². The molecule has 3 aromatic rings. The van der Waals surface area contributed by atoms with E-state index in [0.29, 0.717) is 31.6 Å². The molecule has 0 spiro atoms. The molecule has 0 aromatic carbocycles. The first-order chi connectivity index (χ1) is 16.8. The molecule has 0 amide bonds. The van der Waals surface area contributed by atoms with Crippen LogP contribution >= 0.6 is 0 Å². The van der Waals surface area contributed by atoms with Crippen LogP contribution in [0.1, 0.15) is 37.1 Å². The van der Waals surface area contributed by atoms with Gasteiger partial charge in [-0.05, 0) is 52.1 Å². The number of fused-ring (bicyclic) bond motifs is 1. The van der Waals surface area contributed by atoms with Gasteiger partial charge in [-0.3, -0.25) is 4.68 Å². The number of likely N-dealkylation sites (tertiary alicyclic amines) is 1. The Morgan fingerprint density at radius 3 is 2.83 bits per heavy atom. The molecule has 1 fully saturated rings. The van der Waals surface area contributed by atoms with Crippen LogP contribution in [0.3, 0.4) is 0 Å². The summed E-state index contributed by atoms with van der Waals surface area (Å²) in [6.45, 7) is 10.7. The van der Waals surface area contributed by atoms with Gasteiger partial charge in [-0.1, -0.05) is 0 Å². The van der Waals surface area contributed by atoms with Crippen LogP contribution in [-0.4, -0.2) is 80.1 Å². The van der Waals surface area contributed by atoms with Crippen molar-refractivity contribution in [2.75, 3.05) is 40.0 Å². The molecule has 0 radical (unpaired) electrons.